The number of hydrogen-bond acceptors (Lipinski definition) is 4. The number of hydrogen-bond donors (Lipinski definition) is 2. The Hall–Kier alpha value is -2.53. The third kappa shape index (κ3) is 2.64. The normalized spacial score (nSPS) is 19.9. The lowest BCUT2D eigenvalue weighted by molar-refractivity contribution is 0.431. The molecule has 0 unspecified atom stereocenters. The number of halogens is 1. The number of fused-ring (bicyclic) bond motifs is 1. The van der Waals surface area contributed by atoms with Gasteiger partial charge in [-0.2, -0.15) is 4.98 Å². The molecular formula is C17H16ClN5. The Balaban J connectivity index is 1.75. The lowest BCUT2D eigenvalue weighted by Crippen LogP contribution is -2.28. The zero-order valence-electron chi connectivity index (χ0n) is 12.4. The van der Waals surface area contributed by atoms with Crippen LogP contribution in [0.1, 0.15) is 29.6 Å². The van der Waals surface area contributed by atoms with E-state index < -0.39 is 0 Å². The maximum absolute atomic E-state index is 6.00. The molecule has 4 rings (SSSR count). The van der Waals surface area contributed by atoms with E-state index in [1.807, 2.05) is 47.1 Å². The fraction of sp³-hybridized carbons (Fsp3) is 0.176. The highest BCUT2D eigenvalue weighted by Crippen LogP contribution is 2.38. The molecule has 0 radical (unpaired) electrons. The summed E-state index contributed by atoms with van der Waals surface area (Å²) in [6.45, 7) is 0. The molecule has 2 atom stereocenters. The number of nitrogens with zero attached hydrogens (tertiary/aromatic N) is 3. The Morgan fingerprint density at radius 3 is 2.52 bits per heavy atom. The molecule has 2 heterocycles. The van der Waals surface area contributed by atoms with Crippen LogP contribution in [0.3, 0.4) is 0 Å². The third-order valence-electron chi connectivity index (χ3n) is 4.16. The van der Waals surface area contributed by atoms with Gasteiger partial charge < -0.3 is 11.1 Å². The van der Waals surface area contributed by atoms with Crippen molar-refractivity contribution in [2.24, 2.45) is 0 Å². The molecule has 0 amide bonds. The molecule has 1 aliphatic rings. The maximum atomic E-state index is 6.00. The molecule has 0 fully saturated rings. The fourth-order valence-corrected chi connectivity index (χ4v) is 3.19. The molecular weight excluding hydrogens is 310 g/mol. The van der Waals surface area contributed by atoms with E-state index in [4.69, 9.17) is 17.3 Å². The molecule has 5 nitrogen and oxygen atoms in total. The van der Waals surface area contributed by atoms with Gasteiger partial charge >= 0.3 is 0 Å². The van der Waals surface area contributed by atoms with E-state index >= 15 is 0 Å². The van der Waals surface area contributed by atoms with Crippen LogP contribution in [0.15, 0.2) is 54.6 Å². The van der Waals surface area contributed by atoms with E-state index in [-0.39, 0.29) is 18.0 Å². The van der Waals surface area contributed by atoms with Crippen molar-refractivity contribution in [1.29, 1.82) is 0 Å². The Bertz CT molecular complexity index is 813. The molecule has 0 aliphatic carbocycles. The molecule has 3 aromatic rings. The molecule has 0 saturated carbocycles. The summed E-state index contributed by atoms with van der Waals surface area (Å²) in [6.07, 6.45) is 0.863. The van der Waals surface area contributed by atoms with Crippen molar-refractivity contribution in [3.05, 3.63) is 70.7 Å². The van der Waals surface area contributed by atoms with Crippen LogP contribution < -0.4 is 11.1 Å². The summed E-state index contributed by atoms with van der Waals surface area (Å²) in [4.78, 5) is 4.31. The predicted octanol–water partition coefficient (Wildman–Crippen LogP) is 3.66. The van der Waals surface area contributed by atoms with Crippen LogP contribution in [-0.4, -0.2) is 14.8 Å². The van der Waals surface area contributed by atoms with Gasteiger partial charge in [0.2, 0.25) is 11.9 Å². The molecule has 1 aliphatic heterocycles. The Kier molecular flexibility index (Phi) is 3.42. The number of rotatable bonds is 2. The van der Waals surface area contributed by atoms with Crippen LogP contribution in [-0.2, 0) is 0 Å². The van der Waals surface area contributed by atoms with Crippen LogP contribution in [0.5, 0.6) is 0 Å². The van der Waals surface area contributed by atoms with E-state index in [0.717, 1.165) is 11.4 Å². The predicted molar refractivity (Wildman–Crippen MR) is 91.4 cm³/mol. The van der Waals surface area contributed by atoms with Gasteiger partial charge in [0.25, 0.3) is 0 Å². The number of nitrogen functional groups attached to an aromatic ring is 1. The average molecular weight is 326 g/mol. The summed E-state index contributed by atoms with van der Waals surface area (Å²) in [5.74, 6) is 0.979. The second kappa shape index (κ2) is 5.59. The maximum Gasteiger partial charge on any atom is 0.241 e. The van der Waals surface area contributed by atoms with Crippen molar-refractivity contribution < 1.29 is 0 Å². The molecule has 116 valence electrons. The molecule has 3 N–H and O–H groups in total. The van der Waals surface area contributed by atoms with Crippen LogP contribution >= 0.6 is 11.6 Å². The van der Waals surface area contributed by atoms with Crippen LogP contribution in [0.25, 0.3) is 0 Å². The van der Waals surface area contributed by atoms with Crippen molar-refractivity contribution in [2.45, 2.75) is 18.5 Å². The van der Waals surface area contributed by atoms with Gasteiger partial charge in [0.15, 0.2) is 0 Å². The average Bonchev–Trinajstić information content (AvgIpc) is 2.95. The molecule has 2 aromatic carbocycles. The van der Waals surface area contributed by atoms with Crippen molar-refractivity contribution in [3.8, 4) is 0 Å². The topological polar surface area (TPSA) is 68.8 Å². The first kappa shape index (κ1) is 14.1. The molecule has 0 saturated heterocycles. The van der Waals surface area contributed by atoms with Crippen molar-refractivity contribution in [2.75, 3.05) is 11.1 Å². The van der Waals surface area contributed by atoms with Crippen molar-refractivity contribution in [1.82, 2.24) is 14.8 Å². The highest BCUT2D eigenvalue weighted by Gasteiger charge is 2.30. The number of benzene rings is 2. The monoisotopic (exact) mass is 325 g/mol. The zero-order valence-corrected chi connectivity index (χ0v) is 13.1. The quantitative estimate of drug-likeness (QED) is 0.754. The first-order chi connectivity index (χ1) is 11.2. The number of aromatic nitrogens is 3. The van der Waals surface area contributed by atoms with Crippen LogP contribution in [0, 0.1) is 0 Å². The minimum atomic E-state index is 0.0953. The summed E-state index contributed by atoms with van der Waals surface area (Å²) in [6, 6.07) is 18.4. The number of anilines is 2. The van der Waals surface area contributed by atoms with Gasteiger partial charge in [-0.1, -0.05) is 54.1 Å². The Labute approximate surface area is 139 Å². The molecule has 0 bridgehead atoms. The minimum absolute atomic E-state index is 0.0953. The van der Waals surface area contributed by atoms with E-state index in [9.17, 15) is 0 Å². The first-order valence-electron chi connectivity index (χ1n) is 7.49. The minimum Gasteiger partial charge on any atom is -0.366 e. The van der Waals surface area contributed by atoms with E-state index in [2.05, 4.69) is 27.5 Å². The number of nitrogens with two attached hydrogens (primary N) is 1. The molecule has 6 heteroatoms. The number of nitrogens with one attached hydrogen (secondary N) is 1. The van der Waals surface area contributed by atoms with E-state index in [1.54, 1.807) is 0 Å². The van der Waals surface area contributed by atoms with Crippen molar-refractivity contribution in [3.63, 3.8) is 0 Å². The highest BCUT2D eigenvalue weighted by molar-refractivity contribution is 6.30. The van der Waals surface area contributed by atoms with Gasteiger partial charge in [-0.15, -0.1) is 5.10 Å². The van der Waals surface area contributed by atoms with Gasteiger partial charge in [0, 0.05) is 5.02 Å². The van der Waals surface area contributed by atoms with Gasteiger partial charge in [-0.3, -0.25) is 0 Å². The fourth-order valence-electron chi connectivity index (χ4n) is 3.06. The molecule has 23 heavy (non-hydrogen) atoms. The largest absolute Gasteiger partial charge is 0.366 e. The highest BCUT2D eigenvalue weighted by atomic mass is 35.5. The zero-order chi connectivity index (χ0) is 15.8. The summed E-state index contributed by atoms with van der Waals surface area (Å²) in [5, 5.41) is 8.50. The Morgan fingerprint density at radius 1 is 1.04 bits per heavy atom. The summed E-state index contributed by atoms with van der Waals surface area (Å²) < 4.78 is 1.87. The lowest BCUT2D eigenvalue weighted by Gasteiger charge is -2.31. The van der Waals surface area contributed by atoms with Crippen molar-refractivity contribution >= 4 is 23.5 Å². The van der Waals surface area contributed by atoms with Crippen LogP contribution in [0.4, 0.5) is 11.9 Å². The smallest absolute Gasteiger partial charge is 0.241 e. The van der Waals surface area contributed by atoms with Gasteiger partial charge in [-0.25, -0.2) is 4.68 Å². The van der Waals surface area contributed by atoms with Gasteiger partial charge in [-0.05, 0) is 29.7 Å². The van der Waals surface area contributed by atoms with E-state index in [1.165, 1.54) is 11.1 Å². The van der Waals surface area contributed by atoms with E-state index in [0.29, 0.717) is 5.95 Å². The lowest BCUT2D eigenvalue weighted by atomic mass is 9.93. The van der Waals surface area contributed by atoms with Crippen LogP contribution in [0.2, 0.25) is 5.02 Å². The molecule has 1 aromatic heterocycles. The SMILES string of the molecule is Nc1nc2n(n1)[C@H](c1ccccc1)C[C@@H](c1ccc(Cl)cc1)N2. The summed E-state index contributed by atoms with van der Waals surface area (Å²) in [7, 11) is 0. The summed E-state index contributed by atoms with van der Waals surface area (Å²) in [5.41, 5.74) is 8.17. The van der Waals surface area contributed by atoms with Gasteiger partial charge in [0.05, 0.1) is 12.1 Å². The third-order valence-corrected chi connectivity index (χ3v) is 4.41. The first-order valence-corrected chi connectivity index (χ1v) is 7.87. The standard InChI is InChI=1S/C17H16ClN5/c18-13-8-6-11(7-9-13)14-10-15(12-4-2-1-3-5-12)23-17(20-14)21-16(19)22-23/h1-9,14-15H,10H2,(H3,19,20,21,22)/t14-,15-/m0/s1. The second-order valence-electron chi connectivity index (χ2n) is 5.65. The second-order valence-corrected chi connectivity index (χ2v) is 6.09. The molecule has 0 spiro atoms. The Morgan fingerprint density at radius 2 is 1.78 bits per heavy atom. The van der Waals surface area contributed by atoms with Gasteiger partial charge in [0.1, 0.15) is 0 Å². The summed E-state index contributed by atoms with van der Waals surface area (Å²) >= 11 is 6.00.